The first-order chi connectivity index (χ1) is 13.1. The van der Waals surface area contributed by atoms with Gasteiger partial charge in [0.15, 0.2) is 0 Å². The molecule has 1 aromatic heterocycles. The fourth-order valence-electron chi connectivity index (χ4n) is 3.15. The van der Waals surface area contributed by atoms with E-state index in [2.05, 4.69) is 23.2 Å². The molecule has 1 amide bonds. The first-order valence-corrected chi connectivity index (χ1v) is 9.02. The summed E-state index contributed by atoms with van der Waals surface area (Å²) in [5, 5.41) is 16.4. The van der Waals surface area contributed by atoms with Gasteiger partial charge in [-0.1, -0.05) is 25.1 Å². The van der Waals surface area contributed by atoms with Crippen molar-refractivity contribution >= 4 is 5.91 Å². The zero-order valence-corrected chi connectivity index (χ0v) is 15.1. The summed E-state index contributed by atoms with van der Waals surface area (Å²) in [5.74, 6) is 1.01. The van der Waals surface area contributed by atoms with Crippen LogP contribution in [0.5, 0.6) is 11.5 Å². The van der Waals surface area contributed by atoms with Crippen molar-refractivity contribution in [1.29, 1.82) is 0 Å². The largest absolute Gasteiger partial charge is 0.508 e. The number of carbonyl (C=O) groups excluding carboxylic acids is 1. The van der Waals surface area contributed by atoms with Crippen LogP contribution in [0, 0.1) is 0 Å². The first kappa shape index (κ1) is 17.1. The van der Waals surface area contributed by atoms with Crippen molar-refractivity contribution in [2.24, 2.45) is 0 Å². The van der Waals surface area contributed by atoms with E-state index >= 15 is 0 Å². The summed E-state index contributed by atoms with van der Waals surface area (Å²) in [7, 11) is 0. The van der Waals surface area contributed by atoms with Gasteiger partial charge in [-0.3, -0.25) is 9.89 Å². The van der Waals surface area contributed by atoms with Gasteiger partial charge in [-0.15, -0.1) is 0 Å². The summed E-state index contributed by atoms with van der Waals surface area (Å²) in [6, 6.07) is 16.5. The number of hydrogen-bond donors (Lipinski definition) is 2. The van der Waals surface area contributed by atoms with Crippen molar-refractivity contribution in [3.63, 3.8) is 0 Å². The van der Waals surface area contributed by atoms with Gasteiger partial charge in [0.2, 0.25) is 0 Å². The molecule has 6 heteroatoms. The molecule has 0 bridgehead atoms. The third kappa shape index (κ3) is 3.51. The molecular formula is C21H21N3O3. The van der Waals surface area contributed by atoms with Gasteiger partial charge in [-0.2, -0.15) is 5.10 Å². The van der Waals surface area contributed by atoms with E-state index in [4.69, 9.17) is 4.74 Å². The number of ether oxygens (including phenoxy) is 1. The fraction of sp³-hybridized carbons (Fsp3) is 0.238. The number of phenols is 1. The molecule has 0 saturated carbocycles. The van der Waals surface area contributed by atoms with Crippen LogP contribution in [-0.4, -0.2) is 45.3 Å². The molecule has 1 saturated heterocycles. The summed E-state index contributed by atoms with van der Waals surface area (Å²) < 4.78 is 6.03. The highest BCUT2D eigenvalue weighted by atomic mass is 16.5. The molecule has 0 spiro atoms. The van der Waals surface area contributed by atoms with Gasteiger partial charge >= 0.3 is 0 Å². The molecule has 6 nitrogen and oxygen atoms in total. The minimum absolute atomic E-state index is 0.0149. The SMILES string of the molecule is CCc1ccccc1OC1CN(C(=O)c2cc(-c3ccc(O)cc3)n[nH]2)C1. The molecule has 0 aliphatic carbocycles. The lowest BCUT2D eigenvalue weighted by Crippen LogP contribution is -2.56. The third-order valence-corrected chi connectivity index (χ3v) is 4.75. The number of aromatic amines is 1. The van der Waals surface area contributed by atoms with E-state index in [9.17, 15) is 9.90 Å². The highest BCUT2D eigenvalue weighted by Gasteiger charge is 2.34. The average molecular weight is 363 g/mol. The monoisotopic (exact) mass is 363 g/mol. The maximum atomic E-state index is 12.6. The van der Waals surface area contributed by atoms with E-state index in [0.717, 1.165) is 17.7 Å². The van der Waals surface area contributed by atoms with Crippen LogP contribution in [0.1, 0.15) is 23.0 Å². The van der Waals surface area contributed by atoms with Gasteiger partial charge in [-0.25, -0.2) is 0 Å². The van der Waals surface area contributed by atoms with Crippen molar-refractivity contribution in [1.82, 2.24) is 15.1 Å². The molecule has 0 radical (unpaired) electrons. The van der Waals surface area contributed by atoms with Crippen molar-refractivity contribution in [2.75, 3.05) is 13.1 Å². The smallest absolute Gasteiger partial charge is 0.272 e. The third-order valence-electron chi connectivity index (χ3n) is 4.75. The summed E-state index contributed by atoms with van der Waals surface area (Å²) >= 11 is 0. The van der Waals surface area contributed by atoms with E-state index in [1.807, 2.05) is 18.2 Å². The van der Waals surface area contributed by atoms with E-state index in [1.54, 1.807) is 35.2 Å². The summed E-state index contributed by atoms with van der Waals surface area (Å²) in [6.45, 7) is 3.22. The lowest BCUT2D eigenvalue weighted by atomic mass is 10.1. The van der Waals surface area contributed by atoms with Crippen LogP contribution in [0.15, 0.2) is 54.6 Å². The van der Waals surface area contributed by atoms with E-state index < -0.39 is 0 Å². The molecule has 2 aromatic carbocycles. The van der Waals surface area contributed by atoms with Crippen LogP contribution in [0.4, 0.5) is 0 Å². The number of phenolic OH excluding ortho intramolecular Hbond substituents is 1. The predicted octanol–water partition coefficient (Wildman–Crippen LogP) is 3.25. The molecule has 0 unspecified atom stereocenters. The van der Waals surface area contributed by atoms with Gasteiger partial charge in [0.1, 0.15) is 23.3 Å². The van der Waals surface area contributed by atoms with Gasteiger partial charge in [0.05, 0.1) is 18.8 Å². The lowest BCUT2D eigenvalue weighted by molar-refractivity contribution is 0.0170. The number of H-pyrrole nitrogens is 1. The maximum absolute atomic E-state index is 12.6. The van der Waals surface area contributed by atoms with Crippen LogP contribution in [0.2, 0.25) is 0 Å². The number of benzene rings is 2. The number of rotatable bonds is 5. The number of nitrogens with one attached hydrogen (secondary N) is 1. The highest BCUT2D eigenvalue weighted by Crippen LogP contribution is 2.25. The Morgan fingerprint density at radius 3 is 2.70 bits per heavy atom. The molecule has 1 aliphatic heterocycles. The summed E-state index contributed by atoms with van der Waals surface area (Å²) in [5.41, 5.74) is 3.13. The number of likely N-dealkylation sites (tertiary alicyclic amines) is 1. The first-order valence-electron chi connectivity index (χ1n) is 9.02. The summed E-state index contributed by atoms with van der Waals surface area (Å²) in [6.07, 6.45) is 0.931. The molecular weight excluding hydrogens is 342 g/mol. The van der Waals surface area contributed by atoms with Crippen LogP contribution in [-0.2, 0) is 6.42 Å². The zero-order chi connectivity index (χ0) is 18.8. The molecule has 1 fully saturated rings. The Labute approximate surface area is 157 Å². The molecule has 0 atom stereocenters. The van der Waals surface area contributed by atoms with E-state index in [1.165, 1.54) is 5.56 Å². The van der Waals surface area contributed by atoms with E-state index in [-0.39, 0.29) is 17.8 Å². The molecule has 3 aromatic rings. The number of amides is 1. The topological polar surface area (TPSA) is 78.4 Å². The molecule has 4 rings (SSSR count). The minimum Gasteiger partial charge on any atom is -0.508 e. The number of hydrogen-bond acceptors (Lipinski definition) is 4. The Morgan fingerprint density at radius 1 is 1.22 bits per heavy atom. The van der Waals surface area contributed by atoms with Crippen LogP contribution in [0.25, 0.3) is 11.3 Å². The maximum Gasteiger partial charge on any atom is 0.272 e. The predicted molar refractivity (Wildman–Crippen MR) is 102 cm³/mol. The Morgan fingerprint density at radius 2 is 1.96 bits per heavy atom. The van der Waals surface area contributed by atoms with Gasteiger partial charge in [0, 0.05) is 5.56 Å². The Hall–Kier alpha value is -3.28. The van der Waals surface area contributed by atoms with Gasteiger partial charge in [0.25, 0.3) is 5.91 Å². The normalized spacial score (nSPS) is 14.0. The van der Waals surface area contributed by atoms with Gasteiger partial charge in [-0.05, 0) is 48.4 Å². The van der Waals surface area contributed by atoms with E-state index in [0.29, 0.717) is 24.5 Å². The quantitative estimate of drug-likeness (QED) is 0.729. The van der Waals surface area contributed by atoms with Crippen molar-refractivity contribution in [3.05, 3.63) is 65.9 Å². The van der Waals surface area contributed by atoms with Gasteiger partial charge < -0.3 is 14.7 Å². The fourth-order valence-corrected chi connectivity index (χ4v) is 3.15. The Balaban J connectivity index is 1.37. The molecule has 138 valence electrons. The van der Waals surface area contributed by atoms with Crippen molar-refractivity contribution in [3.8, 4) is 22.8 Å². The van der Waals surface area contributed by atoms with Crippen molar-refractivity contribution < 1.29 is 14.6 Å². The number of aromatic hydroxyl groups is 1. The Kier molecular flexibility index (Phi) is 4.54. The van der Waals surface area contributed by atoms with Crippen molar-refractivity contribution in [2.45, 2.75) is 19.4 Å². The number of nitrogens with zero attached hydrogens (tertiary/aromatic N) is 2. The number of carbonyl (C=O) groups is 1. The summed E-state index contributed by atoms with van der Waals surface area (Å²) in [4.78, 5) is 14.3. The van der Waals surface area contributed by atoms with Crippen LogP contribution < -0.4 is 4.74 Å². The second-order valence-electron chi connectivity index (χ2n) is 6.63. The average Bonchev–Trinajstić information content (AvgIpc) is 3.15. The molecule has 2 N–H and O–H groups in total. The minimum atomic E-state index is -0.0869. The zero-order valence-electron chi connectivity index (χ0n) is 15.1. The van der Waals surface area contributed by atoms with Crippen LogP contribution >= 0.6 is 0 Å². The molecule has 2 heterocycles. The molecule has 27 heavy (non-hydrogen) atoms. The second-order valence-corrected chi connectivity index (χ2v) is 6.63. The number of para-hydroxylation sites is 1. The Bertz CT molecular complexity index is 943. The number of aryl methyl sites for hydroxylation is 1. The number of aromatic nitrogens is 2. The standard InChI is InChI=1S/C21H21N3O3/c1-2-14-5-3-4-6-20(14)27-17-12-24(13-17)21(26)19-11-18(22-23-19)15-7-9-16(25)10-8-15/h3-11,17,25H,2,12-13H2,1H3,(H,22,23). The van der Waals surface area contributed by atoms with Crippen LogP contribution in [0.3, 0.4) is 0 Å². The second kappa shape index (κ2) is 7.15. The lowest BCUT2D eigenvalue weighted by Gasteiger charge is -2.39. The molecule has 1 aliphatic rings. The highest BCUT2D eigenvalue weighted by molar-refractivity contribution is 5.94.